The van der Waals surface area contributed by atoms with E-state index in [2.05, 4.69) is 4.72 Å². The Morgan fingerprint density at radius 1 is 1.16 bits per heavy atom. The molecule has 0 radical (unpaired) electrons. The van der Waals surface area contributed by atoms with Gasteiger partial charge in [-0.3, -0.25) is 4.79 Å². The SMILES string of the molecule is N[C@@H](CC(=O)N1CCC[C@H]1CNS(=O)(=O)c1ccccc1)[C@H]1CCc2cc(F)c(F)cc21. The summed E-state index contributed by atoms with van der Waals surface area (Å²) in [5.74, 6) is -2.12. The first-order valence-corrected chi connectivity index (χ1v) is 12.3. The molecule has 0 saturated carbocycles. The van der Waals surface area contributed by atoms with Crippen LogP contribution in [0.4, 0.5) is 8.78 Å². The first-order chi connectivity index (χ1) is 15.3. The van der Waals surface area contributed by atoms with E-state index < -0.39 is 27.7 Å². The molecule has 3 atom stereocenters. The van der Waals surface area contributed by atoms with Crippen molar-refractivity contribution >= 4 is 15.9 Å². The van der Waals surface area contributed by atoms with Crippen LogP contribution in [0, 0.1) is 11.6 Å². The molecular formula is C23H27F2N3O3S. The van der Waals surface area contributed by atoms with Crippen molar-refractivity contribution in [1.82, 2.24) is 9.62 Å². The van der Waals surface area contributed by atoms with Gasteiger partial charge < -0.3 is 10.6 Å². The van der Waals surface area contributed by atoms with Gasteiger partial charge in [0.15, 0.2) is 11.6 Å². The number of nitrogens with one attached hydrogen (secondary N) is 1. The summed E-state index contributed by atoms with van der Waals surface area (Å²) in [6, 6.07) is 9.75. The third kappa shape index (κ3) is 4.69. The number of fused-ring (bicyclic) bond motifs is 1. The second-order valence-corrected chi connectivity index (χ2v) is 10.3. The maximum atomic E-state index is 13.7. The van der Waals surface area contributed by atoms with Gasteiger partial charge in [-0.1, -0.05) is 18.2 Å². The van der Waals surface area contributed by atoms with E-state index in [4.69, 9.17) is 5.73 Å². The molecule has 1 amide bonds. The van der Waals surface area contributed by atoms with Crippen molar-refractivity contribution in [3.8, 4) is 0 Å². The monoisotopic (exact) mass is 463 g/mol. The minimum Gasteiger partial charge on any atom is -0.338 e. The molecule has 32 heavy (non-hydrogen) atoms. The number of nitrogens with two attached hydrogens (primary N) is 1. The normalized spacial score (nSPS) is 21.5. The first-order valence-electron chi connectivity index (χ1n) is 10.8. The second-order valence-electron chi connectivity index (χ2n) is 8.53. The molecule has 0 unspecified atom stereocenters. The van der Waals surface area contributed by atoms with E-state index >= 15 is 0 Å². The number of hydrogen-bond acceptors (Lipinski definition) is 4. The van der Waals surface area contributed by atoms with Crippen LogP contribution >= 0.6 is 0 Å². The van der Waals surface area contributed by atoms with Gasteiger partial charge in [0.1, 0.15) is 0 Å². The molecule has 2 aromatic rings. The first kappa shape index (κ1) is 22.8. The zero-order valence-corrected chi connectivity index (χ0v) is 18.5. The molecule has 6 nitrogen and oxygen atoms in total. The zero-order chi connectivity index (χ0) is 22.9. The number of aryl methyl sites for hydroxylation is 1. The van der Waals surface area contributed by atoms with Gasteiger partial charge in [0.05, 0.1) is 4.90 Å². The average molecular weight is 464 g/mol. The van der Waals surface area contributed by atoms with Gasteiger partial charge in [-0.2, -0.15) is 0 Å². The molecular weight excluding hydrogens is 436 g/mol. The van der Waals surface area contributed by atoms with Crippen molar-refractivity contribution in [3.63, 3.8) is 0 Å². The van der Waals surface area contributed by atoms with Crippen LogP contribution in [0.5, 0.6) is 0 Å². The minimum atomic E-state index is -3.65. The van der Waals surface area contributed by atoms with Crippen LogP contribution in [-0.2, 0) is 21.2 Å². The lowest BCUT2D eigenvalue weighted by molar-refractivity contribution is -0.132. The number of likely N-dealkylation sites (tertiary alicyclic amines) is 1. The Hall–Kier alpha value is -2.36. The van der Waals surface area contributed by atoms with E-state index in [1.165, 1.54) is 24.3 Å². The standard InChI is InChI=1S/C23H27F2N3O3S/c24-20-11-15-8-9-18(19(15)12-21(20)25)22(26)13-23(29)28-10-4-5-16(28)14-27-32(30,31)17-6-2-1-3-7-17/h1-3,6-7,11-12,16,18,22,27H,4-5,8-10,13-14,26H2/t16-,18-,22-/m0/s1. The van der Waals surface area contributed by atoms with Crippen molar-refractivity contribution in [1.29, 1.82) is 0 Å². The fourth-order valence-electron chi connectivity index (χ4n) is 4.80. The predicted molar refractivity (Wildman–Crippen MR) is 116 cm³/mol. The Morgan fingerprint density at radius 2 is 1.88 bits per heavy atom. The zero-order valence-electron chi connectivity index (χ0n) is 17.6. The van der Waals surface area contributed by atoms with Gasteiger partial charge in [0.25, 0.3) is 0 Å². The Bertz CT molecular complexity index is 1100. The number of sulfonamides is 1. The lowest BCUT2D eigenvalue weighted by Gasteiger charge is -2.28. The van der Waals surface area contributed by atoms with Crippen molar-refractivity contribution in [3.05, 3.63) is 65.2 Å². The molecule has 172 valence electrons. The quantitative estimate of drug-likeness (QED) is 0.660. The summed E-state index contributed by atoms with van der Waals surface area (Å²) in [5, 5.41) is 0. The van der Waals surface area contributed by atoms with Crippen LogP contribution in [0.25, 0.3) is 0 Å². The number of hydrogen-bond donors (Lipinski definition) is 2. The largest absolute Gasteiger partial charge is 0.338 e. The lowest BCUT2D eigenvalue weighted by Crippen LogP contribution is -2.45. The molecule has 1 aliphatic carbocycles. The Balaban J connectivity index is 1.38. The van der Waals surface area contributed by atoms with Gasteiger partial charge in [-0.25, -0.2) is 21.9 Å². The molecule has 1 aliphatic heterocycles. The number of carbonyl (C=O) groups excluding carboxylic acids is 1. The van der Waals surface area contributed by atoms with Crippen LogP contribution < -0.4 is 10.5 Å². The number of rotatable bonds is 7. The summed E-state index contributed by atoms with van der Waals surface area (Å²) in [4.78, 5) is 14.9. The van der Waals surface area contributed by atoms with Crippen LogP contribution in [0.1, 0.15) is 42.7 Å². The summed E-state index contributed by atoms with van der Waals surface area (Å²) in [5.41, 5.74) is 7.76. The van der Waals surface area contributed by atoms with E-state index in [1.807, 2.05) is 0 Å². The maximum absolute atomic E-state index is 13.7. The van der Waals surface area contributed by atoms with Gasteiger partial charge in [0.2, 0.25) is 15.9 Å². The van der Waals surface area contributed by atoms with Crippen LogP contribution in [0.3, 0.4) is 0 Å². The summed E-state index contributed by atoms with van der Waals surface area (Å²) in [6.45, 7) is 0.680. The molecule has 4 rings (SSSR count). The topological polar surface area (TPSA) is 92.5 Å². The number of nitrogens with zero attached hydrogens (tertiary/aromatic N) is 1. The van der Waals surface area contributed by atoms with E-state index in [0.29, 0.717) is 31.4 Å². The van der Waals surface area contributed by atoms with Gasteiger partial charge in [-0.15, -0.1) is 0 Å². The average Bonchev–Trinajstić information content (AvgIpc) is 3.40. The summed E-state index contributed by atoms with van der Waals surface area (Å²) >= 11 is 0. The molecule has 1 saturated heterocycles. The summed E-state index contributed by atoms with van der Waals surface area (Å²) < 4.78 is 54.8. The minimum absolute atomic E-state index is 0.0744. The lowest BCUT2D eigenvalue weighted by atomic mass is 9.91. The molecule has 0 bridgehead atoms. The fourth-order valence-corrected chi connectivity index (χ4v) is 5.90. The van der Waals surface area contributed by atoms with Crippen LogP contribution in [0.15, 0.2) is 47.4 Å². The highest BCUT2D eigenvalue weighted by molar-refractivity contribution is 7.89. The Kier molecular flexibility index (Phi) is 6.60. The summed E-state index contributed by atoms with van der Waals surface area (Å²) in [6.07, 6.45) is 2.81. The highest BCUT2D eigenvalue weighted by atomic mass is 32.2. The molecule has 1 heterocycles. The smallest absolute Gasteiger partial charge is 0.240 e. The fraction of sp³-hybridized carbons (Fsp3) is 0.435. The van der Waals surface area contributed by atoms with Gasteiger partial charge in [-0.05, 0) is 61.1 Å². The van der Waals surface area contributed by atoms with Gasteiger partial charge in [0, 0.05) is 37.5 Å². The Morgan fingerprint density at radius 3 is 2.62 bits per heavy atom. The molecule has 9 heteroatoms. The third-order valence-corrected chi connectivity index (χ3v) is 7.93. The van der Waals surface area contributed by atoms with Crippen LogP contribution in [0.2, 0.25) is 0 Å². The molecule has 3 N–H and O–H groups in total. The molecule has 0 spiro atoms. The third-order valence-electron chi connectivity index (χ3n) is 6.49. The number of amides is 1. The summed E-state index contributed by atoms with van der Waals surface area (Å²) in [7, 11) is -3.65. The van der Waals surface area contributed by atoms with E-state index in [9.17, 15) is 22.0 Å². The molecule has 2 aromatic carbocycles. The highest BCUT2D eigenvalue weighted by Crippen LogP contribution is 2.37. The van der Waals surface area contributed by atoms with E-state index in [0.717, 1.165) is 12.0 Å². The van der Waals surface area contributed by atoms with Crippen molar-refractivity contribution in [2.24, 2.45) is 5.73 Å². The number of benzene rings is 2. The molecule has 0 aromatic heterocycles. The van der Waals surface area contributed by atoms with Crippen molar-refractivity contribution in [2.45, 2.75) is 55.0 Å². The number of carbonyl (C=O) groups is 1. The second kappa shape index (κ2) is 9.25. The van der Waals surface area contributed by atoms with Crippen molar-refractivity contribution in [2.75, 3.05) is 13.1 Å². The van der Waals surface area contributed by atoms with Gasteiger partial charge >= 0.3 is 0 Å². The Labute approximate surface area is 186 Å². The predicted octanol–water partition coefficient (Wildman–Crippen LogP) is 2.68. The van der Waals surface area contributed by atoms with Crippen molar-refractivity contribution < 1.29 is 22.0 Å². The highest BCUT2D eigenvalue weighted by Gasteiger charge is 2.34. The van der Waals surface area contributed by atoms with E-state index in [-0.39, 0.29) is 35.7 Å². The molecule has 2 aliphatic rings. The maximum Gasteiger partial charge on any atom is 0.240 e. The number of halogens is 2. The molecule has 1 fully saturated rings. The van der Waals surface area contributed by atoms with E-state index in [1.54, 1.807) is 23.1 Å². The van der Waals surface area contributed by atoms with Crippen LogP contribution in [-0.4, -0.2) is 44.4 Å².